The second-order valence-corrected chi connectivity index (χ2v) is 5.40. The van der Waals surface area contributed by atoms with Crippen molar-refractivity contribution in [3.63, 3.8) is 0 Å². The third-order valence-corrected chi connectivity index (χ3v) is 3.86. The lowest BCUT2D eigenvalue weighted by Crippen LogP contribution is -2.42. The fourth-order valence-corrected chi connectivity index (χ4v) is 2.55. The highest BCUT2D eigenvalue weighted by molar-refractivity contribution is 6.17. The number of rotatable bonds is 4. The first-order chi connectivity index (χ1) is 9.15. The lowest BCUT2D eigenvalue weighted by atomic mass is 10.1. The van der Waals surface area contributed by atoms with Gasteiger partial charge in [0.05, 0.1) is 12.5 Å². The summed E-state index contributed by atoms with van der Waals surface area (Å²) in [6.07, 6.45) is 2.69. The zero-order valence-electron chi connectivity index (χ0n) is 11.9. The van der Waals surface area contributed by atoms with Gasteiger partial charge in [0.25, 0.3) is 0 Å². The minimum absolute atomic E-state index is 0.0224. The van der Waals surface area contributed by atoms with Crippen molar-refractivity contribution < 1.29 is 4.74 Å². The molecule has 4 nitrogen and oxygen atoms in total. The van der Waals surface area contributed by atoms with E-state index in [4.69, 9.17) is 16.3 Å². The zero-order valence-corrected chi connectivity index (χ0v) is 12.7. The number of hydrogen-bond donors (Lipinski definition) is 0. The van der Waals surface area contributed by atoms with Crippen molar-refractivity contribution in [3.8, 4) is 0 Å². The van der Waals surface area contributed by atoms with E-state index < -0.39 is 0 Å². The first kappa shape index (κ1) is 14.7. The van der Waals surface area contributed by atoms with Crippen LogP contribution >= 0.6 is 11.6 Å². The van der Waals surface area contributed by atoms with Gasteiger partial charge in [0, 0.05) is 36.6 Å². The van der Waals surface area contributed by atoms with Crippen molar-refractivity contribution in [1.82, 2.24) is 14.9 Å². The third kappa shape index (κ3) is 3.44. The van der Waals surface area contributed by atoms with Crippen LogP contribution in [0.1, 0.15) is 44.0 Å². The fraction of sp³-hybridized carbons (Fsp3) is 0.714. The van der Waals surface area contributed by atoms with E-state index in [0.717, 1.165) is 43.2 Å². The Bertz CT molecular complexity index is 425. The van der Waals surface area contributed by atoms with Crippen LogP contribution in [0.3, 0.4) is 0 Å². The molecule has 5 heteroatoms. The molecular formula is C14H22ClN3O. The van der Waals surface area contributed by atoms with Crippen molar-refractivity contribution in [2.45, 2.75) is 45.2 Å². The molecule has 106 valence electrons. The predicted molar refractivity (Wildman–Crippen MR) is 76.4 cm³/mol. The molecule has 0 bridgehead atoms. The lowest BCUT2D eigenvalue weighted by molar-refractivity contribution is -0.0443. The number of morpholine rings is 1. The van der Waals surface area contributed by atoms with E-state index >= 15 is 0 Å². The maximum absolute atomic E-state index is 5.89. The minimum Gasteiger partial charge on any atom is -0.368 e. The Morgan fingerprint density at radius 1 is 1.53 bits per heavy atom. The molecule has 1 unspecified atom stereocenters. The minimum atomic E-state index is -0.0224. The molecule has 1 aromatic rings. The zero-order chi connectivity index (χ0) is 13.8. The number of nitrogens with zero attached hydrogens (tertiary/aromatic N) is 3. The number of halogens is 1. The molecule has 19 heavy (non-hydrogen) atoms. The van der Waals surface area contributed by atoms with E-state index in [2.05, 4.69) is 35.6 Å². The van der Waals surface area contributed by atoms with Crippen LogP contribution < -0.4 is 0 Å². The molecule has 0 radical (unpaired) electrons. The highest BCUT2D eigenvalue weighted by Crippen LogP contribution is 2.22. The van der Waals surface area contributed by atoms with Crippen LogP contribution in [0.5, 0.6) is 0 Å². The van der Waals surface area contributed by atoms with E-state index in [9.17, 15) is 0 Å². The maximum atomic E-state index is 5.89. The Balaban J connectivity index is 2.17. The lowest BCUT2D eigenvalue weighted by Gasteiger charge is -2.34. The summed E-state index contributed by atoms with van der Waals surface area (Å²) in [6.45, 7) is 9.08. The summed E-state index contributed by atoms with van der Waals surface area (Å²) in [7, 11) is 0. The molecule has 0 spiro atoms. The van der Waals surface area contributed by atoms with Crippen molar-refractivity contribution in [3.05, 3.63) is 23.3 Å². The number of alkyl halides is 1. The van der Waals surface area contributed by atoms with Crippen molar-refractivity contribution in [2.75, 3.05) is 19.7 Å². The second-order valence-electron chi connectivity index (χ2n) is 5.14. The van der Waals surface area contributed by atoms with Gasteiger partial charge in [-0.15, -0.1) is 11.6 Å². The van der Waals surface area contributed by atoms with Gasteiger partial charge in [-0.25, -0.2) is 9.97 Å². The molecule has 1 atom stereocenters. The molecule has 0 N–H and O–H groups in total. The van der Waals surface area contributed by atoms with E-state index in [1.165, 1.54) is 0 Å². The molecule has 0 aliphatic carbocycles. The molecule has 1 aliphatic rings. The maximum Gasteiger partial charge on any atom is 0.158 e. The van der Waals surface area contributed by atoms with Gasteiger partial charge in [-0.05, 0) is 20.3 Å². The highest BCUT2D eigenvalue weighted by atomic mass is 35.5. The second kappa shape index (κ2) is 6.64. The average Bonchev–Trinajstić information content (AvgIpc) is 2.46. The quantitative estimate of drug-likeness (QED) is 0.796. The molecular weight excluding hydrogens is 262 g/mol. The number of aromatic nitrogens is 2. The highest BCUT2D eigenvalue weighted by Gasteiger charge is 2.25. The van der Waals surface area contributed by atoms with Gasteiger partial charge in [-0.2, -0.15) is 0 Å². The molecule has 1 fully saturated rings. The Morgan fingerprint density at radius 3 is 2.95 bits per heavy atom. The van der Waals surface area contributed by atoms with Crippen molar-refractivity contribution in [2.24, 2.45) is 0 Å². The largest absolute Gasteiger partial charge is 0.368 e. The number of ether oxygens (including phenoxy) is 1. The first-order valence-corrected chi connectivity index (χ1v) is 7.45. The number of aryl methyl sites for hydroxylation is 1. The van der Waals surface area contributed by atoms with Gasteiger partial charge in [0.15, 0.2) is 5.82 Å². The number of hydrogen-bond acceptors (Lipinski definition) is 4. The molecule has 1 aromatic heterocycles. The standard InChI is InChI=1S/C14H22ClN3O/c1-4-12-11(7-15)8-16-14(17-12)13-9-18(10(2)3)5-6-19-13/h8,10,13H,4-7,9H2,1-3H3. The van der Waals surface area contributed by atoms with E-state index in [0.29, 0.717) is 11.9 Å². The summed E-state index contributed by atoms with van der Waals surface area (Å²) in [5.74, 6) is 1.25. The Labute approximate surface area is 120 Å². The van der Waals surface area contributed by atoms with Gasteiger partial charge < -0.3 is 4.74 Å². The van der Waals surface area contributed by atoms with Crippen LogP contribution in [0.15, 0.2) is 6.20 Å². The van der Waals surface area contributed by atoms with Gasteiger partial charge in [0.1, 0.15) is 6.10 Å². The van der Waals surface area contributed by atoms with Crippen LogP contribution in [0.25, 0.3) is 0 Å². The van der Waals surface area contributed by atoms with Gasteiger partial charge >= 0.3 is 0 Å². The molecule has 2 rings (SSSR count). The molecule has 1 aliphatic heterocycles. The molecule has 0 amide bonds. The Hall–Kier alpha value is -0.710. The third-order valence-electron chi connectivity index (χ3n) is 3.57. The summed E-state index contributed by atoms with van der Waals surface area (Å²) in [5, 5.41) is 0. The topological polar surface area (TPSA) is 38.2 Å². The van der Waals surface area contributed by atoms with Gasteiger partial charge in [0.2, 0.25) is 0 Å². The van der Waals surface area contributed by atoms with Crippen LogP contribution in [-0.4, -0.2) is 40.6 Å². The van der Waals surface area contributed by atoms with Crippen molar-refractivity contribution in [1.29, 1.82) is 0 Å². The summed E-state index contributed by atoms with van der Waals surface area (Å²) in [5.41, 5.74) is 2.05. The van der Waals surface area contributed by atoms with E-state index in [-0.39, 0.29) is 6.10 Å². The normalized spacial score (nSPS) is 21.0. The van der Waals surface area contributed by atoms with Crippen LogP contribution in [0, 0.1) is 0 Å². The average molecular weight is 284 g/mol. The van der Waals surface area contributed by atoms with Crippen LogP contribution in [-0.2, 0) is 17.0 Å². The fourth-order valence-electron chi connectivity index (χ4n) is 2.32. The molecule has 1 saturated heterocycles. The summed E-state index contributed by atoms with van der Waals surface area (Å²) in [4.78, 5) is 11.5. The predicted octanol–water partition coefficient (Wildman–Crippen LogP) is 2.56. The SMILES string of the molecule is CCc1nc(C2CN(C(C)C)CCO2)ncc1CCl. The Morgan fingerprint density at radius 2 is 2.32 bits per heavy atom. The van der Waals surface area contributed by atoms with E-state index in [1.54, 1.807) is 0 Å². The van der Waals surface area contributed by atoms with Crippen molar-refractivity contribution >= 4 is 11.6 Å². The van der Waals surface area contributed by atoms with Gasteiger partial charge in [-0.3, -0.25) is 4.90 Å². The molecule has 2 heterocycles. The summed E-state index contributed by atoms with van der Waals surface area (Å²) < 4.78 is 5.82. The van der Waals surface area contributed by atoms with Crippen LogP contribution in [0.4, 0.5) is 0 Å². The smallest absolute Gasteiger partial charge is 0.158 e. The monoisotopic (exact) mass is 283 g/mol. The summed E-state index contributed by atoms with van der Waals surface area (Å²) in [6, 6.07) is 0.527. The molecule has 0 saturated carbocycles. The van der Waals surface area contributed by atoms with Gasteiger partial charge in [-0.1, -0.05) is 6.92 Å². The molecule has 0 aromatic carbocycles. The first-order valence-electron chi connectivity index (χ1n) is 6.92. The van der Waals surface area contributed by atoms with Crippen LogP contribution in [0.2, 0.25) is 0 Å². The van der Waals surface area contributed by atoms with E-state index in [1.807, 2.05) is 6.20 Å². The Kier molecular flexibility index (Phi) is 5.13. The summed E-state index contributed by atoms with van der Waals surface area (Å²) >= 11 is 5.89.